The molecule has 1 aromatic rings. The van der Waals surface area contributed by atoms with Crippen molar-refractivity contribution in [1.82, 2.24) is 4.72 Å². The molecular formula is C14H24N2O3S2. The van der Waals surface area contributed by atoms with Crippen molar-refractivity contribution in [2.24, 2.45) is 5.73 Å². The molecule has 0 spiro atoms. The second-order valence-electron chi connectivity index (χ2n) is 4.59. The van der Waals surface area contributed by atoms with E-state index in [-0.39, 0.29) is 17.5 Å². The summed E-state index contributed by atoms with van der Waals surface area (Å²) in [6.45, 7) is 4.59. The quantitative estimate of drug-likeness (QED) is 0.722. The summed E-state index contributed by atoms with van der Waals surface area (Å²) >= 11 is 1.62. The number of thioether (sulfide) groups is 1. The summed E-state index contributed by atoms with van der Waals surface area (Å²) in [5.74, 6) is 1.38. The van der Waals surface area contributed by atoms with Crippen molar-refractivity contribution in [3.63, 3.8) is 0 Å². The van der Waals surface area contributed by atoms with Gasteiger partial charge in [-0.1, -0.05) is 6.92 Å². The topological polar surface area (TPSA) is 81.4 Å². The van der Waals surface area contributed by atoms with Crippen LogP contribution in [0.2, 0.25) is 0 Å². The lowest BCUT2D eigenvalue weighted by atomic mass is 10.2. The van der Waals surface area contributed by atoms with Crippen LogP contribution in [0.5, 0.6) is 5.75 Å². The second kappa shape index (κ2) is 8.63. The highest BCUT2D eigenvalue weighted by molar-refractivity contribution is 7.98. The molecule has 0 saturated heterocycles. The monoisotopic (exact) mass is 332 g/mol. The summed E-state index contributed by atoms with van der Waals surface area (Å²) in [5.41, 5.74) is 6.36. The summed E-state index contributed by atoms with van der Waals surface area (Å²) in [7, 11) is -3.53. The van der Waals surface area contributed by atoms with Crippen LogP contribution in [0.1, 0.15) is 25.8 Å². The molecule has 5 nitrogen and oxygen atoms in total. The lowest BCUT2D eigenvalue weighted by molar-refractivity contribution is 0.336. The first-order valence-electron chi connectivity index (χ1n) is 6.95. The smallest absolute Gasteiger partial charge is 0.240 e. The van der Waals surface area contributed by atoms with Gasteiger partial charge in [0, 0.05) is 23.9 Å². The van der Waals surface area contributed by atoms with Crippen LogP contribution in [0.25, 0.3) is 0 Å². The number of ether oxygens (including phenoxy) is 1. The first-order valence-corrected chi connectivity index (χ1v) is 9.83. The van der Waals surface area contributed by atoms with Crippen molar-refractivity contribution in [2.45, 2.75) is 37.8 Å². The van der Waals surface area contributed by atoms with Crippen molar-refractivity contribution < 1.29 is 13.2 Å². The molecule has 0 aliphatic rings. The van der Waals surface area contributed by atoms with Crippen LogP contribution in [-0.2, 0) is 16.6 Å². The Kier molecular flexibility index (Phi) is 7.51. The van der Waals surface area contributed by atoms with Gasteiger partial charge in [0.15, 0.2) is 0 Å². The number of rotatable bonds is 9. The molecule has 7 heteroatoms. The SMILES string of the molecule is CCOc1ccc(S(=O)(=O)NC(CC)CSC)cc1CN. The van der Waals surface area contributed by atoms with Crippen LogP contribution in [-0.4, -0.2) is 33.1 Å². The average Bonchev–Trinajstić information content (AvgIpc) is 2.47. The van der Waals surface area contributed by atoms with Crippen molar-refractivity contribution in [1.29, 1.82) is 0 Å². The van der Waals surface area contributed by atoms with Gasteiger partial charge in [0.05, 0.1) is 11.5 Å². The molecule has 1 rings (SSSR count). The van der Waals surface area contributed by atoms with E-state index >= 15 is 0 Å². The van der Waals surface area contributed by atoms with E-state index < -0.39 is 10.0 Å². The van der Waals surface area contributed by atoms with Crippen molar-refractivity contribution in [3.05, 3.63) is 23.8 Å². The Morgan fingerprint density at radius 1 is 1.38 bits per heavy atom. The number of hydrogen-bond donors (Lipinski definition) is 2. The summed E-state index contributed by atoms with van der Waals surface area (Å²) in [6, 6.07) is 4.73. The number of nitrogens with two attached hydrogens (primary N) is 1. The Morgan fingerprint density at radius 2 is 2.10 bits per heavy atom. The van der Waals surface area contributed by atoms with Gasteiger partial charge in [-0.2, -0.15) is 11.8 Å². The molecule has 0 amide bonds. The molecular weight excluding hydrogens is 308 g/mol. The summed E-state index contributed by atoms with van der Waals surface area (Å²) in [6.07, 6.45) is 2.71. The van der Waals surface area contributed by atoms with Crippen molar-refractivity contribution >= 4 is 21.8 Å². The van der Waals surface area contributed by atoms with E-state index in [9.17, 15) is 8.42 Å². The molecule has 3 N–H and O–H groups in total. The third kappa shape index (κ3) is 5.18. The van der Waals surface area contributed by atoms with Crippen LogP contribution in [0.3, 0.4) is 0 Å². The van der Waals surface area contributed by atoms with E-state index in [0.29, 0.717) is 17.9 Å². The van der Waals surface area contributed by atoms with E-state index in [1.54, 1.807) is 30.0 Å². The zero-order chi connectivity index (χ0) is 15.9. The number of benzene rings is 1. The fourth-order valence-corrected chi connectivity index (χ4v) is 4.10. The zero-order valence-electron chi connectivity index (χ0n) is 12.8. The van der Waals surface area contributed by atoms with Crippen LogP contribution in [0, 0.1) is 0 Å². The third-order valence-electron chi connectivity index (χ3n) is 3.04. The third-order valence-corrected chi connectivity index (χ3v) is 5.30. The van der Waals surface area contributed by atoms with Gasteiger partial charge in [0.25, 0.3) is 0 Å². The molecule has 0 heterocycles. The number of sulfonamides is 1. The predicted molar refractivity (Wildman–Crippen MR) is 88.3 cm³/mol. The molecule has 0 aliphatic heterocycles. The maximum atomic E-state index is 12.4. The lowest BCUT2D eigenvalue weighted by Crippen LogP contribution is -2.36. The van der Waals surface area contributed by atoms with Crippen LogP contribution < -0.4 is 15.2 Å². The molecule has 0 fully saturated rings. The van der Waals surface area contributed by atoms with Gasteiger partial charge in [-0.25, -0.2) is 13.1 Å². The summed E-state index contributed by atoms with van der Waals surface area (Å²) in [4.78, 5) is 0.228. The van der Waals surface area contributed by atoms with Gasteiger partial charge >= 0.3 is 0 Å². The Labute approximate surface area is 131 Å². The Bertz CT molecular complexity index is 547. The summed E-state index contributed by atoms with van der Waals surface area (Å²) in [5, 5.41) is 0. The van der Waals surface area contributed by atoms with Crippen LogP contribution in [0.4, 0.5) is 0 Å². The minimum Gasteiger partial charge on any atom is -0.494 e. The molecule has 21 heavy (non-hydrogen) atoms. The van der Waals surface area contributed by atoms with Crippen molar-refractivity contribution in [3.8, 4) is 5.75 Å². The second-order valence-corrected chi connectivity index (χ2v) is 7.21. The number of hydrogen-bond acceptors (Lipinski definition) is 5. The maximum absolute atomic E-state index is 12.4. The van der Waals surface area contributed by atoms with E-state index in [0.717, 1.165) is 12.2 Å². The largest absolute Gasteiger partial charge is 0.494 e. The van der Waals surface area contributed by atoms with Gasteiger partial charge in [0.2, 0.25) is 10.0 Å². The van der Waals surface area contributed by atoms with E-state index in [1.807, 2.05) is 20.1 Å². The molecule has 0 bridgehead atoms. The van der Waals surface area contributed by atoms with Gasteiger partial charge in [-0.05, 0) is 37.8 Å². The highest BCUT2D eigenvalue weighted by Crippen LogP contribution is 2.22. The molecule has 0 aliphatic carbocycles. The minimum absolute atomic E-state index is 0.0714. The first-order chi connectivity index (χ1) is 9.98. The van der Waals surface area contributed by atoms with Crippen LogP contribution >= 0.6 is 11.8 Å². The normalized spacial score (nSPS) is 13.1. The Balaban J connectivity index is 3.02. The van der Waals surface area contributed by atoms with Gasteiger partial charge in [0.1, 0.15) is 5.75 Å². The fourth-order valence-electron chi connectivity index (χ4n) is 1.90. The molecule has 0 aromatic heterocycles. The molecule has 1 atom stereocenters. The van der Waals surface area contributed by atoms with E-state index in [4.69, 9.17) is 10.5 Å². The lowest BCUT2D eigenvalue weighted by Gasteiger charge is -2.17. The predicted octanol–water partition coefficient (Wildman–Crippen LogP) is 1.96. The van der Waals surface area contributed by atoms with Gasteiger partial charge < -0.3 is 10.5 Å². The van der Waals surface area contributed by atoms with Gasteiger partial charge in [-0.3, -0.25) is 0 Å². The highest BCUT2D eigenvalue weighted by atomic mass is 32.2. The Morgan fingerprint density at radius 3 is 2.62 bits per heavy atom. The zero-order valence-corrected chi connectivity index (χ0v) is 14.4. The van der Waals surface area contributed by atoms with E-state index in [2.05, 4.69) is 4.72 Å². The molecule has 1 unspecified atom stereocenters. The molecule has 120 valence electrons. The van der Waals surface area contributed by atoms with E-state index in [1.165, 1.54) is 0 Å². The minimum atomic E-state index is -3.53. The first kappa shape index (κ1) is 18.3. The fraction of sp³-hybridized carbons (Fsp3) is 0.571. The van der Waals surface area contributed by atoms with Crippen LogP contribution in [0.15, 0.2) is 23.1 Å². The molecule has 1 aromatic carbocycles. The standard InChI is InChI=1S/C14H24N2O3S2/c1-4-12(10-20-3)16-21(17,18)13-6-7-14(19-5-2)11(8-13)9-15/h6-8,12,16H,4-5,9-10,15H2,1-3H3. The Hall–Kier alpha value is -0.760. The van der Waals surface area contributed by atoms with Crippen molar-refractivity contribution in [2.75, 3.05) is 18.6 Å². The number of nitrogens with one attached hydrogen (secondary N) is 1. The van der Waals surface area contributed by atoms with Gasteiger partial charge in [-0.15, -0.1) is 0 Å². The molecule has 0 radical (unpaired) electrons. The molecule has 0 saturated carbocycles. The maximum Gasteiger partial charge on any atom is 0.240 e. The highest BCUT2D eigenvalue weighted by Gasteiger charge is 2.20. The average molecular weight is 332 g/mol. The summed E-state index contributed by atoms with van der Waals surface area (Å²) < 4.78 is 33.0.